The Kier molecular flexibility index (Phi) is 9.64. The number of allylic oxidation sites excluding steroid dienone is 1. The van der Waals surface area contributed by atoms with Gasteiger partial charge < -0.3 is 23.7 Å². The minimum absolute atomic E-state index is 0.155. The molecule has 2 saturated heterocycles. The van der Waals surface area contributed by atoms with E-state index in [0.29, 0.717) is 19.8 Å². The minimum Gasteiger partial charge on any atom is -0.365 e. The summed E-state index contributed by atoms with van der Waals surface area (Å²) in [5.41, 5.74) is 0.573. The SMILES string of the molecule is C=CCCC(COC1CCCCO1)(COC1CCCCO1)OCc1ccccc1. The van der Waals surface area contributed by atoms with Gasteiger partial charge in [-0.05, 0) is 56.9 Å². The molecule has 29 heavy (non-hydrogen) atoms. The Morgan fingerprint density at radius 1 is 0.931 bits per heavy atom. The Morgan fingerprint density at radius 2 is 1.55 bits per heavy atom. The zero-order chi connectivity index (χ0) is 20.2. The van der Waals surface area contributed by atoms with Crippen LogP contribution >= 0.6 is 0 Å². The van der Waals surface area contributed by atoms with Gasteiger partial charge in [0.15, 0.2) is 12.6 Å². The van der Waals surface area contributed by atoms with Crippen LogP contribution in [0.4, 0.5) is 0 Å². The molecule has 5 nitrogen and oxygen atoms in total. The summed E-state index contributed by atoms with van der Waals surface area (Å²) in [5, 5.41) is 0. The van der Waals surface area contributed by atoms with E-state index < -0.39 is 5.60 Å². The lowest BCUT2D eigenvalue weighted by Gasteiger charge is -2.37. The maximum absolute atomic E-state index is 6.49. The monoisotopic (exact) mass is 404 g/mol. The van der Waals surface area contributed by atoms with Crippen LogP contribution in [0.2, 0.25) is 0 Å². The molecule has 0 saturated carbocycles. The second kappa shape index (κ2) is 12.5. The zero-order valence-corrected chi connectivity index (χ0v) is 17.6. The van der Waals surface area contributed by atoms with Crippen molar-refractivity contribution in [3.8, 4) is 0 Å². The van der Waals surface area contributed by atoms with Gasteiger partial charge in [0.05, 0.1) is 19.8 Å². The van der Waals surface area contributed by atoms with Crippen molar-refractivity contribution in [2.75, 3.05) is 26.4 Å². The number of hydrogen-bond donors (Lipinski definition) is 0. The molecular weight excluding hydrogens is 368 g/mol. The van der Waals surface area contributed by atoms with Gasteiger partial charge in [0, 0.05) is 13.2 Å². The molecule has 0 bridgehead atoms. The van der Waals surface area contributed by atoms with Crippen molar-refractivity contribution in [2.24, 2.45) is 0 Å². The number of hydrogen-bond acceptors (Lipinski definition) is 5. The van der Waals surface area contributed by atoms with Crippen LogP contribution in [-0.2, 0) is 30.3 Å². The van der Waals surface area contributed by atoms with Crippen LogP contribution in [0.25, 0.3) is 0 Å². The van der Waals surface area contributed by atoms with Gasteiger partial charge in [-0.25, -0.2) is 0 Å². The Balaban J connectivity index is 1.65. The highest BCUT2D eigenvalue weighted by molar-refractivity contribution is 5.13. The quantitative estimate of drug-likeness (QED) is 0.459. The van der Waals surface area contributed by atoms with Gasteiger partial charge in [0.25, 0.3) is 0 Å². The van der Waals surface area contributed by atoms with Crippen LogP contribution in [0.5, 0.6) is 0 Å². The normalized spacial score (nSPS) is 24.7. The Bertz CT molecular complexity index is 542. The fourth-order valence-electron chi connectivity index (χ4n) is 3.69. The van der Waals surface area contributed by atoms with Crippen molar-refractivity contribution in [2.45, 2.75) is 76.2 Å². The summed E-state index contributed by atoms with van der Waals surface area (Å²) in [6.45, 7) is 6.81. The molecule has 0 aliphatic carbocycles. The molecule has 1 aromatic rings. The first-order chi connectivity index (χ1) is 14.3. The van der Waals surface area contributed by atoms with E-state index in [1.165, 1.54) is 0 Å². The molecular formula is C24H36O5. The van der Waals surface area contributed by atoms with Gasteiger partial charge in [0.1, 0.15) is 5.60 Å². The molecule has 3 rings (SSSR count). The number of benzene rings is 1. The second-order valence-electron chi connectivity index (χ2n) is 8.00. The van der Waals surface area contributed by atoms with Crippen LogP contribution in [0.1, 0.15) is 56.9 Å². The second-order valence-corrected chi connectivity index (χ2v) is 8.00. The van der Waals surface area contributed by atoms with Crippen molar-refractivity contribution in [1.29, 1.82) is 0 Å². The molecule has 0 N–H and O–H groups in total. The molecule has 0 spiro atoms. The van der Waals surface area contributed by atoms with Crippen molar-refractivity contribution in [3.63, 3.8) is 0 Å². The fourth-order valence-corrected chi connectivity index (χ4v) is 3.69. The maximum atomic E-state index is 6.49. The molecule has 162 valence electrons. The summed E-state index contributed by atoms with van der Waals surface area (Å²) in [6.07, 6.45) is 9.59. The molecule has 0 radical (unpaired) electrons. The summed E-state index contributed by atoms with van der Waals surface area (Å²) in [4.78, 5) is 0. The predicted molar refractivity (Wildman–Crippen MR) is 112 cm³/mol. The molecule has 2 atom stereocenters. The molecule has 2 aliphatic heterocycles. The Labute approximate surface area is 175 Å². The van der Waals surface area contributed by atoms with Crippen LogP contribution in [-0.4, -0.2) is 44.6 Å². The van der Waals surface area contributed by atoms with E-state index in [9.17, 15) is 0 Å². The third-order valence-electron chi connectivity index (χ3n) is 5.53. The highest BCUT2D eigenvalue weighted by Gasteiger charge is 2.34. The summed E-state index contributed by atoms with van der Waals surface area (Å²) in [6, 6.07) is 10.2. The highest BCUT2D eigenvalue weighted by Crippen LogP contribution is 2.26. The smallest absolute Gasteiger partial charge is 0.157 e. The molecule has 0 amide bonds. The van der Waals surface area contributed by atoms with Gasteiger partial charge >= 0.3 is 0 Å². The molecule has 0 aromatic heterocycles. The van der Waals surface area contributed by atoms with E-state index in [1.807, 2.05) is 24.3 Å². The van der Waals surface area contributed by atoms with Crippen LogP contribution in [0.3, 0.4) is 0 Å². The lowest BCUT2D eigenvalue weighted by atomic mass is 9.98. The van der Waals surface area contributed by atoms with Gasteiger partial charge in [-0.1, -0.05) is 36.4 Å². The van der Waals surface area contributed by atoms with E-state index in [-0.39, 0.29) is 12.6 Å². The maximum Gasteiger partial charge on any atom is 0.157 e. The third-order valence-corrected chi connectivity index (χ3v) is 5.53. The van der Waals surface area contributed by atoms with Gasteiger partial charge in [0.2, 0.25) is 0 Å². The van der Waals surface area contributed by atoms with Gasteiger partial charge in [-0.3, -0.25) is 0 Å². The minimum atomic E-state index is -0.564. The summed E-state index contributed by atoms with van der Waals surface area (Å²) < 4.78 is 30.4. The standard InChI is InChI=1S/C24H36O5/c1-2-3-15-24(19-27-22-13-7-9-16-25-22,20-28-23-14-8-10-17-26-23)29-18-21-11-5-4-6-12-21/h2,4-6,11-12,22-23H,1,3,7-10,13-20H2. The van der Waals surface area contributed by atoms with E-state index >= 15 is 0 Å². The summed E-state index contributed by atoms with van der Waals surface area (Å²) >= 11 is 0. The highest BCUT2D eigenvalue weighted by atomic mass is 16.7. The Hall–Kier alpha value is -1.24. The first-order valence-corrected chi connectivity index (χ1v) is 11.0. The van der Waals surface area contributed by atoms with Crippen LogP contribution in [0.15, 0.2) is 43.0 Å². The van der Waals surface area contributed by atoms with E-state index in [0.717, 1.165) is 70.1 Å². The molecule has 1 aromatic carbocycles. The number of rotatable bonds is 12. The first kappa shape index (κ1) is 22.4. The zero-order valence-electron chi connectivity index (χ0n) is 17.6. The van der Waals surface area contributed by atoms with Gasteiger partial charge in [-0.2, -0.15) is 0 Å². The largest absolute Gasteiger partial charge is 0.365 e. The van der Waals surface area contributed by atoms with Crippen LogP contribution in [0, 0.1) is 0 Å². The lowest BCUT2D eigenvalue weighted by molar-refractivity contribution is -0.240. The lowest BCUT2D eigenvalue weighted by Crippen LogP contribution is -2.45. The molecule has 2 aliphatic rings. The molecule has 2 unspecified atom stereocenters. The molecule has 2 heterocycles. The molecule has 5 heteroatoms. The topological polar surface area (TPSA) is 46.2 Å². The summed E-state index contributed by atoms with van der Waals surface area (Å²) in [5.74, 6) is 0. The van der Waals surface area contributed by atoms with E-state index in [1.54, 1.807) is 0 Å². The van der Waals surface area contributed by atoms with E-state index in [4.69, 9.17) is 23.7 Å². The van der Waals surface area contributed by atoms with E-state index in [2.05, 4.69) is 18.7 Å². The number of ether oxygens (including phenoxy) is 5. The van der Waals surface area contributed by atoms with Crippen molar-refractivity contribution < 1.29 is 23.7 Å². The van der Waals surface area contributed by atoms with Crippen LogP contribution < -0.4 is 0 Å². The van der Waals surface area contributed by atoms with Crippen molar-refractivity contribution in [3.05, 3.63) is 48.6 Å². The average molecular weight is 405 g/mol. The fraction of sp³-hybridized carbons (Fsp3) is 0.667. The summed E-state index contributed by atoms with van der Waals surface area (Å²) in [7, 11) is 0. The average Bonchev–Trinajstić information content (AvgIpc) is 2.80. The first-order valence-electron chi connectivity index (χ1n) is 11.0. The molecule has 2 fully saturated rings. The van der Waals surface area contributed by atoms with Gasteiger partial charge in [-0.15, -0.1) is 6.58 Å². The predicted octanol–water partition coefficient (Wildman–Crippen LogP) is 4.99. The Morgan fingerprint density at radius 3 is 2.07 bits per heavy atom. The third kappa shape index (κ3) is 7.83. The van der Waals surface area contributed by atoms with Crippen molar-refractivity contribution in [1.82, 2.24) is 0 Å². The van der Waals surface area contributed by atoms with Crippen molar-refractivity contribution >= 4 is 0 Å².